The normalized spacial score (nSPS) is 17.9. The molecule has 1 fully saturated rings. The Morgan fingerprint density at radius 2 is 1.72 bits per heavy atom. The summed E-state index contributed by atoms with van der Waals surface area (Å²) in [5, 5.41) is 0. The van der Waals surface area contributed by atoms with E-state index >= 15 is 0 Å². The maximum atomic E-state index is 12.9. The number of nitrogens with zero attached hydrogens (tertiary/aromatic N) is 2. The number of hydrogen-bond acceptors (Lipinski definition) is 4. The van der Waals surface area contributed by atoms with Crippen LogP contribution in [0.3, 0.4) is 0 Å². The molecule has 0 saturated carbocycles. The molecule has 166 valence electrons. The van der Waals surface area contributed by atoms with Gasteiger partial charge in [-0.2, -0.15) is 0 Å². The third-order valence-corrected chi connectivity index (χ3v) is 6.15. The lowest BCUT2D eigenvalue weighted by Gasteiger charge is -2.47. The molecule has 1 saturated heterocycles. The third kappa shape index (κ3) is 4.76. The van der Waals surface area contributed by atoms with Crippen molar-refractivity contribution in [3.8, 4) is 0 Å². The van der Waals surface area contributed by atoms with Crippen LogP contribution >= 0.6 is 15.9 Å². The van der Waals surface area contributed by atoms with Gasteiger partial charge in [0.05, 0.1) is 12.6 Å². The summed E-state index contributed by atoms with van der Waals surface area (Å²) < 4.78 is 8.46. The molecule has 1 aliphatic heterocycles. The summed E-state index contributed by atoms with van der Waals surface area (Å²) in [6, 6.07) is 17.5. The Hall–Kier alpha value is -2.97. The Labute approximate surface area is 193 Å². The summed E-state index contributed by atoms with van der Waals surface area (Å²) in [5.74, 6) is -0.0566. The van der Waals surface area contributed by atoms with E-state index in [-0.39, 0.29) is 17.5 Å². The smallest absolute Gasteiger partial charge is 0.328 e. The van der Waals surface area contributed by atoms with Gasteiger partial charge in [-0.05, 0) is 36.6 Å². The van der Waals surface area contributed by atoms with Gasteiger partial charge in [0.15, 0.2) is 6.10 Å². The molecule has 0 aliphatic carbocycles. The van der Waals surface area contributed by atoms with Crippen molar-refractivity contribution in [2.75, 3.05) is 6.54 Å². The lowest BCUT2D eigenvalue weighted by molar-refractivity contribution is -0.177. The first-order valence-corrected chi connectivity index (χ1v) is 11.2. The molecule has 32 heavy (non-hydrogen) atoms. The van der Waals surface area contributed by atoms with Crippen molar-refractivity contribution < 1.29 is 9.53 Å². The number of amides is 1. The Kier molecular flexibility index (Phi) is 6.72. The van der Waals surface area contributed by atoms with Crippen LogP contribution in [-0.2, 0) is 22.7 Å². The fourth-order valence-electron chi connectivity index (χ4n) is 3.90. The lowest BCUT2D eigenvalue weighted by atomic mass is 9.90. The van der Waals surface area contributed by atoms with Crippen molar-refractivity contribution in [3.63, 3.8) is 0 Å². The molecule has 1 N–H and O–H groups in total. The first-order valence-electron chi connectivity index (χ1n) is 10.5. The van der Waals surface area contributed by atoms with Crippen molar-refractivity contribution in [3.05, 3.63) is 103 Å². The van der Waals surface area contributed by atoms with Crippen LogP contribution in [0.1, 0.15) is 29.2 Å². The van der Waals surface area contributed by atoms with Crippen LogP contribution in [0.2, 0.25) is 0 Å². The highest BCUT2D eigenvalue weighted by molar-refractivity contribution is 9.10. The van der Waals surface area contributed by atoms with Gasteiger partial charge in [-0.3, -0.25) is 14.6 Å². The summed E-state index contributed by atoms with van der Waals surface area (Å²) in [6.07, 6.45) is 1.58. The van der Waals surface area contributed by atoms with Gasteiger partial charge in [0, 0.05) is 29.3 Å². The molecule has 0 bridgehead atoms. The van der Waals surface area contributed by atoms with E-state index in [2.05, 4.69) is 20.9 Å². The number of hydrogen-bond donors (Lipinski definition) is 1. The number of likely N-dealkylation sites (tertiary alicyclic amines) is 1. The number of aromatic nitrogens is 2. The maximum Gasteiger partial charge on any atom is 0.328 e. The monoisotopic (exact) mass is 497 g/mol. The number of carbonyl (C=O) groups excluding carboxylic acids is 1. The number of aromatic amines is 1. The largest absolute Gasteiger partial charge is 0.361 e. The van der Waals surface area contributed by atoms with Crippen molar-refractivity contribution >= 4 is 21.8 Å². The topological polar surface area (TPSA) is 84.4 Å². The van der Waals surface area contributed by atoms with E-state index in [1.54, 1.807) is 18.0 Å². The molecule has 7 nitrogen and oxygen atoms in total. The van der Waals surface area contributed by atoms with E-state index in [1.807, 2.05) is 54.6 Å². The minimum Gasteiger partial charge on any atom is -0.361 e. The van der Waals surface area contributed by atoms with E-state index in [4.69, 9.17) is 4.74 Å². The average Bonchev–Trinajstić information content (AvgIpc) is 2.79. The standard InChI is InChI=1S/C24H24BrN3O4/c1-16-14-27(24(31)26-22(16)29)12-5-13-28-20(18-8-10-19(25)11-9-18)21(23(28)30)32-15-17-6-3-2-4-7-17/h2-4,6-11,14,20-21H,5,12-13,15H2,1H3,(H,26,29,31)/t20-,21+/m0/s1. The Morgan fingerprint density at radius 3 is 2.44 bits per heavy atom. The van der Waals surface area contributed by atoms with Gasteiger partial charge in [-0.25, -0.2) is 4.79 Å². The van der Waals surface area contributed by atoms with Crippen LogP contribution in [0.15, 0.2) is 74.9 Å². The lowest BCUT2D eigenvalue weighted by Crippen LogP contribution is -2.60. The second-order valence-electron chi connectivity index (χ2n) is 7.86. The van der Waals surface area contributed by atoms with Crippen molar-refractivity contribution in [2.45, 2.75) is 38.6 Å². The van der Waals surface area contributed by atoms with Gasteiger partial charge in [0.25, 0.3) is 11.5 Å². The predicted octanol–water partition coefficient (Wildman–Crippen LogP) is 3.17. The molecule has 0 unspecified atom stereocenters. The summed E-state index contributed by atoms with van der Waals surface area (Å²) >= 11 is 3.45. The van der Waals surface area contributed by atoms with Crippen molar-refractivity contribution in [1.29, 1.82) is 0 Å². The molecule has 0 radical (unpaired) electrons. The zero-order chi connectivity index (χ0) is 22.7. The van der Waals surface area contributed by atoms with E-state index in [0.717, 1.165) is 15.6 Å². The van der Waals surface area contributed by atoms with Gasteiger partial charge in [0.2, 0.25) is 0 Å². The van der Waals surface area contributed by atoms with Crippen LogP contribution in [0, 0.1) is 6.92 Å². The Morgan fingerprint density at radius 1 is 1.00 bits per heavy atom. The first-order chi connectivity index (χ1) is 15.4. The molecule has 8 heteroatoms. The number of aryl methyl sites for hydroxylation is 2. The van der Waals surface area contributed by atoms with Gasteiger partial charge < -0.3 is 14.2 Å². The van der Waals surface area contributed by atoms with Crippen LogP contribution in [-0.4, -0.2) is 33.0 Å². The van der Waals surface area contributed by atoms with Gasteiger partial charge in [0.1, 0.15) is 0 Å². The van der Waals surface area contributed by atoms with E-state index in [1.165, 1.54) is 4.57 Å². The molecule has 4 rings (SSSR count). The van der Waals surface area contributed by atoms with Crippen LogP contribution < -0.4 is 11.2 Å². The molecule has 2 aromatic carbocycles. The minimum absolute atomic E-state index is 0.0566. The molecule has 2 heterocycles. The second kappa shape index (κ2) is 9.67. The number of rotatable bonds is 8. The quantitative estimate of drug-likeness (QED) is 0.484. The zero-order valence-corrected chi connectivity index (χ0v) is 19.2. The van der Waals surface area contributed by atoms with Gasteiger partial charge in [-0.1, -0.05) is 58.4 Å². The second-order valence-corrected chi connectivity index (χ2v) is 8.78. The number of halogens is 1. The van der Waals surface area contributed by atoms with E-state index < -0.39 is 11.8 Å². The molecule has 0 spiro atoms. The number of H-pyrrole nitrogens is 1. The zero-order valence-electron chi connectivity index (χ0n) is 17.7. The minimum atomic E-state index is -0.547. The van der Waals surface area contributed by atoms with E-state index in [0.29, 0.717) is 31.7 Å². The predicted molar refractivity (Wildman–Crippen MR) is 124 cm³/mol. The molecule has 1 aromatic heterocycles. The summed E-state index contributed by atoms with van der Waals surface area (Å²) in [7, 11) is 0. The summed E-state index contributed by atoms with van der Waals surface area (Å²) in [4.78, 5) is 40.6. The average molecular weight is 498 g/mol. The highest BCUT2D eigenvalue weighted by Gasteiger charge is 2.48. The van der Waals surface area contributed by atoms with Crippen molar-refractivity contribution in [1.82, 2.24) is 14.5 Å². The third-order valence-electron chi connectivity index (χ3n) is 5.62. The highest BCUT2D eigenvalue weighted by atomic mass is 79.9. The number of ether oxygens (including phenoxy) is 1. The number of benzene rings is 2. The first kappa shape index (κ1) is 22.2. The van der Waals surface area contributed by atoms with Gasteiger partial charge >= 0.3 is 5.69 Å². The molecular formula is C24H24BrN3O4. The van der Waals surface area contributed by atoms with Crippen LogP contribution in [0.5, 0.6) is 0 Å². The summed E-state index contributed by atoms with van der Waals surface area (Å²) in [5.41, 5.74) is 1.68. The molecular weight excluding hydrogens is 474 g/mol. The number of β-lactam (4-membered cyclic amide) rings is 1. The SMILES string of the molecule is Cc1cn(CCCN2C(=O)[C@H](OCc3ccccc3)[C@@H]2c2ccc(Br)cc2)c(=O)[nH]c1=O. The van der Waals surface area contributed by atoms with Crippen molar-refractivity contribution in [2.24, 2.45) is 0 Å². The molecule has 1 amide bonds. The van der Waals surface area contributed by atoms with Crippen LogP contribution in [0.25, 0.3) is 0 Å². The van der Waals surface area contributed by atoms with Gasteiger partial charge in [-0.15, -0.1) is 0 Å². The Bertz CT molecular complexity index is 1200. The fraction of sp³-hybridized carbons (Fsp3) is 0.292. The molecule has 1 aliphatic rings. The Balaban J connectivity index is 1.46. The highest BCUT2D eigenvalue weighted by Crippen LogP contribution is 2.38. The van der Waals surface area contributed by atoms with E-state index in [9.17, 15) is 14.4 Å². The fourth-order valence-corrected chi connectivity index (χ4v) is 4.16. The molecule has 3 aromatic rings. The summed E-state index contributed by atoms with van der Waals surface area (Å²) in [6.45, 7) is 2.91. The molecule has 2 atom stereocenters. The maximum absolute atomic E-state index is 12.9. The number of nitrogens with one attached hydrogen (secondary N) is 1. The van der Waals surface area contributed by atoms with Crippen LogP contribution in [0.4, 0.5) is 0 Å². The number of carbonyl (C=O) groups is 1.